The number of aryl methyl sites for hydroxylation is 4. The molecular formula is C27H38N2O4. The second-order valence-corrected chi connectivity index (χ2v) is 8.21. The van der Waals surface area contributed by atoms with Gasteiger partial charge in [0.1, 0.15) is 12.3 Å². The van der Waals surface area contributed by atoms with Crippen LogP contribution in [0.4, 0.5) is 0 Å². The van der Waals surface area contributed by atoms with Gasteiger partial charge in [-0.1, -0.05) is 37.6 Å². The number of hydrogen-bond donors (Lipinski definition) is 1. The molecule has 3 aromatic rings. The summed E-state index contributed by atoms with van der Waals surface area (Å²) in [6, 6.07) is 11.7. The minimum absolute atomic E-state index is 0.136. The molecule has 0 aliphatic rings. The monoisotopic (exact) mass is 454 g/mol. The maximum atomic E-state index is 12.1. The molecule has 0 aliphatic heterocycles. The van der Waals surface area contributed by atoms with Gasteiger partial charge in [-0.3, -0.25) is 14.3 Å². The largest absolute Gasteiger partial charge is 0.493 e. The topological polar surface area (TPSA) is 73.6 Å². The Kier molecular flexibility index (Phi) is 10.8. The zero-order valence-corrected chi connectivity index (χ0v) is 21.4. The highest BCUT2D eigenvalue weighted by molar-refractivity contribution is 5.49. The molecule has 0 spiro atoms. The Hall–Kier alpha value is -3.12. The van der Waals surface area contributed by atoms with Crippen molar-refractivity contribution in [2.75, 3.05) is 13.7 Å². The van der Waals surface area contributed by atoms with E-state index in [1.165, 1.54) is 28.4 Å². The summed E-state index contributed by atoms with van der Waals surface area (Å²) in [5.74, 6) is 0.996. The lowest BCUT2D eigenvalue weighted by Gasteiger charge is -2.19. The third-order valence-electron chi connectivity index (χ3n) is 4.68. The van der Waals surface area contributed by atoms with Crippen LogP contribution in [0.25, 0.3) is 5.69 Å². The first-order valence-electron chi connectivity index (χ1n) is 11.1. The first kappa shape index (κ1) is 27.9. The zero-order chi connectivity index (χ0) is 25.2. The number of hydrogen-bond acceptors (Lipinski definition) is 5. The lowest BCUT2D eigenvalue weighted by molar-refractivity contribution is 0.0276. The Morgan fingerprint density at radius 2 is 1.64 bits per heavy atom. The molecule has 2 aromatic carbocycles. The smallest absolute Gasteiger partial charge is 0.276 e. The van der Waals surface area contributed by atoms with Crippen LogP contribution in [0.2, 0.25) is 0 Å². The summed E-state index contributed by atoms with van der Waals surface area (Å²) in [7, 11) is 1.52. The van der Waals surface area contributed by atoms with Crippen LogP contribution in [0.1, 0.15) is 50.1 Å². The van der Waals surface area contributed by atoms with E-state index in [0.717, 1.165) is 0 Å². The quantitative estimate of drug-likeness (QED) is 0.563. The molecule has 180 valence electrons. The molecular weight excluding hydrogens is 416 g/mol. The van der Waals surface area contributed by atoms with Crippen molar-refractivity contribution < 1.29 is 14.6 Å². The van der Waals surface area contributed by atoms with Gasteiger partial charge < -0.3 is 14.6 Å². The van der Waals surface area contributed by atoms with Crippen molar-refractivity contribution in [2.45, 2.75) is 61.0 Å². The third kappa shape index (κ3) is 8.73. The van der Waals surface area contributed by atoms with Crippen LogP contribution in [0, 0.1) is 27.7 Å². The van der Waals surface area contributed by atoms with Crippen LogP contribution in [0.5, 0.6) is 11.5 Å². The minimum Gasteiger partial charge on any atom is -0.493 e. The van der Waals surface area contributed by atoms with Gasteiger partial charge in [0.05, 0.1) is 18.4 Å². The number of methoxy groups -OCH3 is 1. The minimum atomic E-state index is -0.942. The van der Waals surface area contributed by atoms with Gasteiger partial charge in [0, 0.05) is 18.5 Å². The van der Waals surface area contributed by atoms with Crippen molar-refractivity contribution in [3.05, 3.63) is 81.5 Å². The summed E-state index contributed by atoms with van der Waals surface area (Å²) in [5, 5.41) is 9.72. The van der Waals surface area contributed by atoms with Crippen LogP contribution in [0.3, 0.4) is 0 Å². The number of nitrogens with zero attached hydrogens (tertiary/aromatic N) is 2. The number of rotatable bonds is 5. The zero-order valence-electron chi connectivity index (χ0n) is 21.4. The molecule has 3 rings (SSSR count). The predicted octanol–water partition coefficient (Wildman–Crippen LogP) is 5.34. The van der Waals surface area contributed by atoms with Crippen molar-refractivity contribution in [3.8, 4) is 17.2 Å². The maximum absolute atomic E-state index is 12.1. The Balaban J connectivity index is 0.000000412. The van der Waals surface area contributed by atoms with Gasteiger partial charge in [-0.2, -0.15) is 0 Å². The Bertz CT molecular complexity index is 1080. The molecule has 6 heteroatoms. The third-order valence-corrected chi connectivity index (χ3v) is 4.68. The van der Waals surface area contributed by atoms with Gasteiger partial charge in [-0.15, -0.1) is 0 Å². The molecule has 0 radical (unpaired) electrons. The molecule has 0 aliphatic carbocycles. The van der Waals surface area contributed by atoms with E-state index in [2.05, 4.69) is 44.0 Å². The van der Waals surface area contributed by atoms with E-state index in [1.54, 1.807) is 51.4 Å². The molecule has 0 bridgehead atoms. The normalized spacial score (nSPS) is 10.4. The van der Waals surface area contributed by atoms with Gasteiger partial charge in [0.15, 0.2) is 11.5 Å². The van der Waals surface area contributed by atoms with Crippen molar-refractivity contribution in [3.63, 3.8) is 0 Å². The summed E-state index contributed by atoms with van der Waals surface area (Å²) in [5.41, 5.74) is 4.05. The Morgan fingerprint density at radius 3 is 2.18 bits per heavy atom. The number of aliphatic hydroxyl groups is 1. The lowest BCUT2D eigenvalue weighted by Crippen LogP contribution is -2.28. The fourth-order valence-electron chi connectivity index (χ4n) is 2.78. The van der Waals surface area contributed by atoms with E-state index in [0.29, 0.717) is 22.9 Å². The molecule has 0 saturated carbocycles. The second-order valence-electron chi connectivity index (χ2n) is 8.21. The fraction of sp³-hybridized carbons (Fsp3) is 0.407. The van der Waals surface area contributed by atoms with Crippen LogP contribution >= 0.6 is 0 Å². The van der Waals surface area contributed by atoms with Crippen molar-refractivity contribution in [1.82, 2.24) is 9.55 Å². The Morgan fingerprint density at radius 1 is 0.970 bits per heavy atom. The summed E-state index contributed by atoms with van der Waals surface area (Å²) in [6.07, 6.45) is 3.17. The molecule has 1 N–H and O–H groups in total. The first-order valence-corrected chi connectivity index (χ1v) is 11.1. The molecule has 0 amide bonds. The van der Waals surface area contributed by atoms with Gasteiger partial charge in [0.25, 0.3) is 5.56 Å². The highest BCUT2D eigenvalue weighted by Gasteiger charge is 2.16. The first-order chi connectivity index (χ1) is 15.5. The molecule has 0 atom stereocenters. The van der Waals surface area contributed by atoms with Crippen molar-refractivity contribution in [2.24, 2.45) is 0 Å². The van der Waals surface area contributed by atoms with E-state index in [4.69, 9.17) is 9.47 Å². The van der Waals surface area contributed by atoms with E-state index in [-0.39, 0.29) is 12.2 Å². The van der Waals surface area contributed by atoms with Crippen LogP contribution in [0.15, 0.2) is 53.6 Å². The highest BCUT2D eigenvalue weighted by Crippen LogP contribution is 2.29. The lowest BCUT2D eigenvalue weighted by atomic mass is 10.1. The molecule has 0 saturated heterocycles. The van der Waals surface area contributed by atoms with E-state index < -0.39 is 5.60 Å². The predicted molar refractivity (Wildman–Crippen MR) is 135 cm³/mol. The van der Waals surface area contributed by atoms with Crippen LogP contribution in [-0.2, 0) is 0 Å². The number of ether oxygens (including phenoxy) is 2. The van der Waals surface area contributed by atoms with E-state index in [9.17, 15) is 9.90 Å². The fourth-order valence-corrected chi connectivity index (χ4v) is 2.78. The number of benzene rings is 2. The van der Waals surface area contributed by atoms with E-state index in [1.807, 2.05) is 13.8 Å². The number of aromatic nitrogens is 2. The van der Waals surface area contributed by atoms with Gasteiger partial charge in [-0.05, 0) is 64.8 Å². The molecule has 0 unspecified atom stereocenters. The van der Waals surface area contributed by atoms with Gasteiger partial charge in [-0.25, -0.2) is 0 Å². The standard InChI is InChI=1S/C16H20N2O4.C9H12.C2H6/c1-11-15(19)18(8-7-17-11)12-5-6-13(14(9-12)21-4)22-10-16(2,3)20;1-7-4-5-8(2)9(3)6-7;1-2/h5-9,20H,10H2,1-4H3;4-6H,1-3H3;1-2H3. The average Bonchev–Trinajstić information content (AvgIpc) is 2.78. The van der Waals surface area contributed by atoms with Crippen LogP contribution < -0.4 is 15.0 Å². The summed E-state index contributed by atoms with van der Waals surface area (Å²) in [4.78, 5) is 16.1. The van der Waals surface area contributed by atoms with Crippen molar-refractivity contribution >= 4 is 0 Å². The van der Waals surface area contributed by atoms with Gasteiger partial charge in [0.2, 0.25) is 0 Å². The molecule has 1 aromatic heterocycles. The van der Waals surface area contributed by atoms with E-state index >= 15 is 0 Å². The SMILES string of the molecule is CC.COc1cc(-n2ccnc(C)c2=O)ccc1OCC(C)(C)O.Cc1ccc(C)c(C)c1. The molecule has 0 fully saturated rings. The maximum Gasteiger partial charge on any atom is 0.276 e. The molecule has 6 nitrogen and oxygen atoms in total. The molecule has 1 heterocycles. The average molecular weight is 455 g/mol. The summed E-state index contributed by atoms with van der Waals surface area (Å²) < 4.78 is 12.4. The van der Waals surface area contributed by atoms with Crippen molar-refractivity contribution in [1.29, 1.82) is 0 Å². The van der Waals surface area contributed by atoms with Crippen LogP contribution in [-0.4, -0.2) is 34.0 Å². The highest BCUT2D eigenvalue weighted by atomic mass is 16.5. The van der Waals surface area contributed by atoms with Gasteiger partial charge >= 0.3 is 0 Å². The summed E-state index contributed by atoms with van der Waals surface area (Å²) >= 11 is 0. The summed E-state index contributed by atoms with van der Waals surface area (Å²) in [6.45, 7) is 15.5. The second kappa shape index (κ2) is 12.8. The molecule has 33 heavy (non-hydrogen) atoms. The Labute approximate surface area is 197 Å².